The van der Waals surface area contributed by atoms with Gasteiger partial charge < -0.3 is 11.1 Å². The number of hydrogen-bond donors (Lipinski definition) is 2. The lowest BCUT2D eigenvalue weighted by Crippen LogP contribution is -2.23. The van der Waals surface area contributed by atoms with Gasteiger partial charge in [0.1, 0.15) is 0 Å². The molecule has 0 aromatic rings. The average molecular weight is 141 g/mol. The van der Waals surface area contributed by atoms with Gasteiger partial charge in [-0.15, -0.1) is 0 Å². The second-order valence-electron chi connectivity index (χ2n) is 2.21. The SMILES string of the molecule is CCNCC(C#N)CCN. The Morgan fingerprint density at radius 1 is 1.70 bits per heavy atom. The van der Waals surface area contributed by atoms with Crippen LogP contribution in [0.4, 0.5) is 0 Å². The van der Waals surface area contributed by atoms with Crippen LogP contribution in [-0.2, 0) is 0 Å². The maximum absolute atomic E-state index is 8.54. The van der Waals surface area contributed by atoms with E-state index in [0.29, 0.717) is 6.54 Å². The fourth-order valence-corrected chi connectivity index (χ4v) is 0.732. The van der Waals surface area contributed by atoms with Crippen LogP contribution in [0.5, 0.6) is 0 Å². The monoisotopic (exact) mass is 141 g/mol. The van der Waals surface area contributed by atoms with Crippen molar-refractivity contribution < 1.29 is 0 Å². The summed E-state index contributed by atoms with van der Waals surface area (Å²) < 4.78 is 0. The summed E-state index contributed by atoms with van der Waals surface area (Å²) in [5, 5.41) is 11.6. The molecular weight excluding hydrogens is 126 g/mol. The minimum atomic E-state index is 0.0879. The molecule has 0 aliphatic carbocycles. The Morgan fingerprint density at radius 3 is 2.80 bits per heavy atom. The van der Waals surface area contributed by atoms with Crippen molar-refractivity contribution in [3.63, 3.8) is 0 Å². The number of hydrogen-bond acceptors (Lipinski definition) is 3. The molecule has 0 saturated heterocycles. The summed E-state index contributed by atoms with van der Waals surface area (Å²) in [5.74, 6) is 0.0879. The molecule has 0 amide bonds. The summed E-state index contributed by atoms with van der Waals surface area (Å²) in [5.41, 5.74) is 5.30. The summed E-state index contributed by atoms with van der Waals surface area (Å²) >= 11 is 0. The van der Waals surface area contributed by atoms with Crippen LogP contribution >= 0.6 is 0 Å². The van der Waals surface area contributed by atoms with E-state index in [1.807, 2.05) is 6.92 Å². The molecule has 3 N–H and O–H groups in total. The van der Waals surface area contributed by atoms with E-state index in [1.54, 1.807) is 0 Å². The molecule has 0 bridgehead atoms. The fraction of sp³-hybridized carbons (Fsp3) is 0.857. The first kappa shape index (κ1) is 9.41. The molecule has 3 nitrogen and oxygen atoms in total. The van der Waals surface area contributed by atoms with Crippen LogP contribution in [0.25, 0.3) is 0 Å². The second-order valence-corrected chi connectivity index (χ2v) is 2.21. The average Bonchev–Trinajstić information content (AvgIpc) is 1.98. The minimum absolute atomic E-state index is 0.0879. The molecule has 0 aromatic heterocycles. The van der Waals surface area contributed by atoms with E-state index in [4.69, 9.17) is 11.0 Å². The number of nitriles is 1. The molecule has 0 spiro atoms. The molecule has 58 valence electrons. The van der Waals surface area contributed by atoms with Gasteiger partial charge in [-0.3, -0.25) is 0 Å². The van der Waals surface area contributed by atoms with E-state index in [9.17, 15) is 0 Å². The molecule has 10 heavy (non-hydrogen) atoms. The zero-order valence-electron chi connectivity index (χ0n) is 6.43. The Morgan fingerprint density at radius 2 is 2.40 bits per heavy atom. The molecule has 0 aliphatic heterocycles. The second kappa shape index (κ2) is 6.53. The first-order valence-corrected chi connectivity index (χ1v) is 3.65. The Labute approximate surface area is 62.2 Å². The van der Waals surface area contributed by atoms with Crippen molar-refractivity contribution >= 4 is 0 Å². The van der Waals surface area contributed by atoms with E-state index < -0.39 is 0 Å². The predicted octanol–water partition coefficient (Wildman–Crippen LogP) is 0.0845. The normalized spacial score (nSPS) is 12.5. The van der Waals surface area contributed by atoms with Crippen LogP contribution in [0.1, 0.15) is 13.3 Å². The van der Waals surface area contributed by atoms with E-state index in [0.717, 1.165) is 19.5 Å². The van der Waals surface area contributed by atoms with E-state index in [1.165, 1.54) is 0 Å². The molecular formula is C7H15N3. The summed E-state index contributed by atoms with van der Waals surface area (Å²) in [4.78, 5) is 0. The summed E-state index contributed by atoms with van der Waals surface area (Å²) in [6.07, 6.45) is 0.795. The molecule has 0 saturated carbocycles. The largest absolute Gasteiger partial charge is 0.330 e. The standard InChI is InChI=1S/C7H15N3/c1-2-10-6-7(5-9)3-4-8/h7,10H,2-4,6,8H2,1H3. The van der Waals surface area contributed by atoms with Crippen molar-refractivity contribution in [1.82, 2.24) is 5.32 Å². The van der Waals surface area contributed by atoms with Crippen LogP contribution in [0, 0.1) is 17.2 Å². The first-order chi connectivity index (χ1) is 4.85. The van der Waals surface area contributed by atoms with Crippen molar-refractivity contribution in [1.29, 1.82) is 5.26 Å². The molecule has 0 heterocycles. The predicted molar refractivity (Wildman–Crippen MR) is 41.3 cm³/mol. The maximum Gasteiger partial charge on any atom is 0.0669 e. The Balaban J connectivity index is 3.33. The van der Waals surface area contributed by atoms with Gasteiger partial charge in [0.25, 0.3) is 0 Å². The van der Waals surface area contributed by atoms with Crippen LogP contribution in [0.2, 0.25) is 0 Å². The van der Waals surface area contributed by atoms with Gasteiger partial charge in [0.2, 0.25) is 0 Å². The molecule has 0 rings (SSSR count). The lowest BCUT2D eigenvalue weighted by molar-refractivity contribution is 0.550. The third-order valence-electron chi connectivity index (χ3n) is 1.34. The third-order valence-corrected chi connectivity index (χ3v) is 1.34. The minimum Gasteiger partial charge on any atom is -0.330 e. The van der Waals surface area contributed by atoms with Crippen LogP contribution in [0.3, 0.4) is 0 Å². The molecule has 3 heteroatoms. The van der Waals surface area contributed by atoms with Gasteiger partial charge in [-0.1, -0.05) is 6.92 Å². The number of nitrogens with one attached hydrogen (secondary N) is 1. The van der Waals surface area contributed by atoms with Crippen LogP contribution in [-0.4, -0.2) is 19.6 Å². The highest BCUT2D eigenvalue weighted by atomic mass is 14.8. The Hall–Kier alpha value is -0.590. The van der Waals surface area contributed by atoms with E-state index >= 15 is 0 Å². The molecule has 0 fully saturated rings. The van der Waals surface area contributed by atoms with Crippen molar-refractivity contribution in [3.8, 4) is 6.07 Å². The topological polar surface area (TPSA) is 61.8 Å². The van der Waals surface area contributed by atoms with Gasteiger partial charge in [0, 0.05) is 6.54 Å². The fourth-order valence-electron chi connectivity index (χ4n) is 0.732. The van der Waals surface area contributed by atoms with Crippen LogP contribution in [0.15, 0.2) is 0 Å². The number of nitrogens with two attached hydrogens (primary N) is 1. The van der Waals surface area contributed by atoms with Crippen molar-refractivity contribution in [2.45, 2.75) is 13.3 Å². The van der Waals surface area contributed by atoms with Crippen molar-refractivity contribution in [3.05, 3.63) is 0 Å². The molecule has 1 atom stereocenters. The smallest absolute Gasteiger partial charge is 0.0669 e. The van der Waals surface area contributed by atoms with Gasteiger partial charge in [-0.2, -0.15) is 5.26 Å². The molecule has 0 aliphatic rings. The van der Waals surface area contributed by atoms with Gasteiger partial charge in [0.05, 0.1) is 12.0 Å². The first-order valence-electron chi connectivity index (χ1n) is 3.65. The highest BCUT2D eigenvalue weighted by molar-refractivity contribution is 4.84. The molecule has 1 unspecified atom stereocenters. The number of rotatable bonds is 5. The zero-order valence-corrected chi connectivity index (χ0v) is 6.43. The lowest BCUT2D eigenvalue weighted by Gasteiger charge is -2.06. The molecule has 0 radical (unpaired) electrons. The van der Waals surface area contributed by atoms with Gasteiger partial charge in [-0.25, -0.2) is 0 Å². The van der Waals surface area contributed by atoms with E-state index in [2.05, 4.69) is 11.4 Å². The van der Waals surface area contributed by atoms with E-state index in [-0.39, 0.29) is 5.92 Å². The quantitative estimate of drug-likeness (QED) is 0.570. The third kappa shape index (κ3) is 4.30. The Bertz CT molecular complexity index is 106. The van der Waals surface area contributed by atoms with Gasteiger partial charge >= 0.3 is 0 Å². The lowest BCUT2D eigenvalue weighted by atomic mass is 10.1. The summed E-state index contributed by atoms with van der Waals surface area (Å²) in [6.45, 7) is 4.31. The zero-order chi connectivity index (χ0) is 7.82. The van der Waals surface area contributed by atoms with Crippen molar-refractivity contribution in [2.24, 2.45) is 11.7 Å². The highest BCUT2D eigenvalue weighted by Gasteiger charge is 2.03. The summed E-state index contributed by atoms with van der Waals surface area (Å²) in [6, 6.07) is 2.20. The maximum atomic E-state index is 8.54. The Kier molecular flexibility index (Phi) is 6.14. The van der Waals surface area contributed by atoms with Crippen molar-refractivity contribution in [2.75, 3.05) is 19.6 Å². The van der Waals surface area contributed by atoms with Gasteiger partial charge in [0.15, 0.2) is 0 Å². The molecule has 0 aromatic carbocycles. The van der Waals surface area contributed by atoms with Gasteiger partial charge in [-0.05, 0) is 19.5 Å². The highest BCUT2D eigenvalue weighted by Crippen LogP contribution is 1.96. The number of nitrogens with zero attached hydrogens (tertiary/aromatic N) is 1. The summed E-state index contributed by atoms with van der Waals surface area (Å²) in [7, 11) is 0. The van der Waals surface area contributed by atoms with Crippen LogP contribution < -0.4 is 11.1 Å².